The van der Waals surface area contributed by atoms with Gasteiger partial charge in [0.15, 0.2) is 0 Å². The monoisotopic (exact) mass is 229 g/mol. The molecule has 0 saturated heterocycles. The number of hydrogen-bond donors (Lipinski definition) is 2. The summed E-state index contributed by atoms with van der Waals surface area (Å²) >= 11 is 0. The second-order valence-corrected chi connectivity index (χ2v) is 3.89. The molecule has 96 valence electrons. The summed E-state index contributed by atoms with van der Waals surface area (Å²) < 4.78 is 0. The molecule has 0 radical (unpaired) electrons. The number of rotatable bonds is 10. The van der Waals surface area contributed by atoms with Crippen LogP contribution in [0.25, 0.3) is 0 Å². The van der Waals surface area contributed by atoms with Crippen LogP contribution < -0.4 is 10.6 Å². The fourth-order valence-electron chi connectivity index (χ4n) is 1.59. The third kappa shape index (κ3) is 8.68. The summed E-state index contributed by atoms with van der Waals surface area (Å²) in [6, 6.07) is 0. The van der Waals surface area contributed by atoms with E-state index in [9.17, 15) is 4.79 Å². The van der Waals surface area contributed by atoms with Gasteiger partial charge in [0.25, 0.3) is 0 Å². The molecule has 4 heteroatoms. The molecule has 2 N–H and O–H groups in total. The standard InChI is InChI=1S/C12H27N3O/c1-4-10-15(6-3)11-9-13-8-7-12(16)14-5-2/h13H,4-11H2,1-3H3,(H,14,16). The summed E-state index contributed by atoms with van der Waals surface area (Å²) in [5.41, 5.74) is 0. The minimum atomic E-state index is 0.135. The average molecular weight is 229 g/mol. The van der Waals surface area contributed by atoms with E-state index >= 15 is 0 Å². The molecule has 0 aliphatic heterocycles. The van der Waals surface area contributed by atoms with Crippen LogP contribution >= 0.6 is 0 Å². The van der Waals surface area contributed by atoms with Gasteiger partial charge in [-0.25, -0.2) is 0 Å². The first kappa shape index (κ1) is 15.4. The van der Waals surface area contributed by atoms with E-state index in [0.717, 1.165) is 39.3 Å². The SMILES string of the molecule is CCCN(CC)CCNCCC(=O)NCC. The van der Waals surface area contributed by atoms with Gasteiger partial charge in [-0.15, -0.1) is 0 Å². The van der Waals surface area contributed by atoms with Crippen LogP contribution in [0.2, 0.25) is 0 Å². The van der Waals surface area contributed by atoms with Gasteiger partial charge in [-0.2, -0.15) is 0 Å². The molecule has 0 aliphatic rings. The molecule has 0 unspecified atom stereocenters. The number of carbonyl (C=O) groups excluding carboxylic acids is 1. The molecule has 0 rings (SSSR count). The predicted molar refractivity (Wildman–Crippen MR) is 68.6 cm³/mol. The number of hydrogen-bond acceptors (Lipinski definition) is 3. The molecule has 0 bridgehead atoms. The predicted octanol–water partition coefficient (Wildman–Crippen LogP) is 0.834. The minimum absolute atomic E-state index is 0.135. The largest absolute Gasteiger partial charge is 0.356 e. The first-order valence-corrected chi connectivity index (χ1v) is 6.44. The highest BCUT2D eigenvalue weighted by Crippen LogP contribution is 1.89. The van der Waals surface area contributed by atoms with Crippen molar-refractivity contribution in [1.82, 2.24) is 15.5 Å². The van der Waals surface area contributed by atoms with E-state index in [1.165, 1.54) is 6.42 Å². The summed E-state index contributed by atoms with van der Waals surface area (Å²) in [5.74, 6) is 0.135. The maximum Gasteiger partial charge on any atom is 0.221 e. The first-order chi connectivity index (χ1) is 7.74. The van der Waals surface area contributed by atoms with Gasteiger partial charge in [0.2, 0.25) is 5.91 Å². The number of nitrogens with zero attached hydrogens (tertiary/aromatic N) is 1. The van der Waals surface area contributed by atoms with Crippen molar-refractivity contribution >= 4 is 5.91 Å². The van der Waals surface area contributed by atoms with Crippen LogP contribution in [0.3, 0.4) is 0 Å². The van der Waals surface area contributed by atoms with Crippen LogP contribution in [0.4, 0.5) is 0 Å². The summed E-state index contributed by atoms with van der Waals surface area (Å²) in [7, 11) is 0. The summed E-state index contributed by atoms with van der Waals surface area (Å²) in [6.45, 7) is 12.1. The Morgan fingerprint density at radius 2 is 1.88 bits per heavy atom. The van der Waals surface area contributed by atoms with Gasteiger partial charge in [-0.3, -0.25) is 4.79 Å². The lowest BCUT2D eigenvalue weighted by atomic mass is 10.3. The molecule has 0 spiro atoms. The molecular formula is C12H27N3O. The molecule has 0 aliphatic carbocycles. The normalized spacial score (nSPS) is 10.8. The van der Waals surface area contributed by atoms with Crippen LogP contribution in [0.15, 0.2) is 0 Å². The van der Waals surface area contributed by atoms with Gasteiger partial charge in [0.05, 0.1) is 0 Å². The van der Waals surface area contributed by atoms with Gasteiger partial charge >= 0.3 is 0 Å². The Bertz CT molecular complexity index is 174. The third-order valence-corrected chi connectivity index (χ3v) is 2.49. The molecule has 0 fully saturated rings. The first-order valence-electron chi connectivity index (χ1n) is 6.44. The molecule has 0 atom stereocenters. The lowest BCUT2D eigenvalue weighted by molar-refractivity contribution is -0.120. The summed E-state index contributed by atoms with van der Waals surface area (Å²) in [4.78, 5) is 13.6. The highest BCUT2D eigenvalue weighted by molar-refractivity contribution is 5.75. The van der Waals surface area contributed by atoms with E-state index in [-0.39, 0.29) is 5.91 Å². The Labute approximate surface area is 99.8 Å². The zero-order valence-corrected chi connectivity index (χ0v) is 11.0. The Morgan fingerprint density at radius 3 is 2.44 bits per heavy atom. The van der Waals surface area contributed by atoms with Crippen molar-refractivity contribution in [2.75, 3.05) is 39.3 Å². The summed E-state index contributed by atoms with van der Waals surface area (Å²) in [5, 5.41) is 6.08. The Kier molecular flexibility index (Phi) is 10.5. The highest BCUT2D eigenvalue weighted by atomic mass is 16.1. The van der Waals surface area contributed by atoms with Gasteiger partial charge in [0, 0.05) is 32.6 Å². The Morgan fingerprint density at radius 1 is 1.12 bits per heavy atom. The van der Waals surface area contributed by atoms with Gasteiger partial charge in [-0.1, -0.05) is 13.8 Å². The van der Waals surface area contributed by atoms with E-state index < -0.39 is 0 Å². The lowest BCUT2D eigenvalue weighted by Gasteiger charge is -2.19. The van der Waals surface area contributed by atoms with Crippen LogP contribution in [0.1, 0.15) is 33.6 Å². The van der Waals surface area contributed by atoms with Crippen molar-refractivity contribution < 1.29 is 4.79 Å². The van der Waals surface area contributed by atoms with Crippen molar-refractivity contribution in [1.29, 1.82) is 0 Å². The Hall–Kier alpha value is -0.610. The maximum absolute atomic E-state index is 11.1. The molecule has 16 heavy (non-hydrogen) atoms. The minimum Gasteiger partial charge on any atom is -0.356 e. The van der Waals surface area contributed by atoms with Gasteiger partial charge in [-0.05, 0) is 26.4 Å². The van der Waals surface area contributed by atoms with E-state index in [0.29, 0.717) is 6.42 Å². The fourth-order valence-corrected chi connectivity index (χ4v) is 1.59. The Balaban J connectivity index is 3.34. The zero-order chi connectivity index (χ0) is 12.2. The van der Waals surface area contributed by atoms with Crippen molar-refractivity contribution in [2.24, 2.45) is 0 Å². The molecule has 0 saturated carbocycles. The van der Waals surface area contributed by atoms with Crippen molar-refractivity contribution in [2.45, 2.75) is 33.6 Å². The maximum atomic E-state index is 11.1. The van der Waals surface area contributed by atoms with E-state index in [1.807, 2.05) is 6.92 Å². The van der Waals surface area contributed by atoms with E-state index in [1.54, 1.807) is 0 Å². The van der Waals surface area contributed by atoms with Crippen molar-refractivity contribution in [3.05, 3.63) is 0 Å². The quantitative estimate of drug-likeness (QED) is 0.546. The van der Waals surface area contributed by atoms with E-state index in [4.69, 9.17) is 0 Å². The van der Waals surface area contributed by atoms with Crippen LogP contribution in [-0.2, 0) is 4.79 Å². The molecule has 0 aromatic carbocycles. The van der Waals surface area contributed by atoms with Crippen LogP contribution in [-0.4, -0.2) is 50.1 Å². The smallest absolute Gasteiger partial charge is 0.221 e. The molecule has 4 nitrogen and oxygen atoms in total. The number of likely N-dealkylation sites (N-methyl/N-ethyl adjacent to an activating group) is 1. The molecule has 0 aromatic rings. The summed E-state index contributed by atoms with van der Waals surface area (Å²) in [6.07, 6.45) is 1.78. The number of amides is 1. The third-order valence-electron chi connectivity index (χ3n) is 2.49. The van der Waals surface area contributed by atoms with Crippen LogP contribution in [0.5, 0.6) is 0 Å². The molecule has 1 amide bonds. The van der Waals surface area contributed by atoms with Crippen molar-refractivity contribution in [3.63, 3.8) is 0 Å². The highest BCUT2D eigenvalue weighted by Gasteiger charge is 2.01. The zero-order valence-electron chi connectivity index (χ0n) is 11.0. The number of nitrogens with one attached hydrogen (secondary N) is 2. The van der Waals surface area contributed by atoms with Crippen molar-refractivity contribution in [3.8, 4) is 0 Å². The lowest BCUT2D eigenvalue weighted by Crippen LogP contribution is -2.34. The second kappa shape index (κ2) is 10.9. The average Bonchev–Trinajstić information content (AvgIpc) is 2.27. The van der Waals surface area contributed by atoms with Gasteiger partial charge < -0.3 is 15.5 Å². The molecule has 0 aromatic heterocycles. The second-order valence-electron chi connectivity index (χ2n) is 3.89. The fraction of sp³-hybridized carbons (Fsp3) is 0.917. The van der Waals surface area contributed by atoms with Crippen LogP contribution in [0, 0.1) is 0 Å². The number of carbonyl (C=O) groups is 1. The topological polar surface area (TPSA) is 44.4 Å². The molecule has 0 heterocycles. The van der Waals surface area contributed by atoms with Gasteiger partial charge in [0.1, 0.15) is 0 Å². The van der Waals surface area contributed by atoms with E-state index in [2.05, 4.69) is 29.4 Å². The molecular weight excluding hydrogens is 202 g/mol.